The number of aromatic nitrogens is 1. The van der Waals surface area contributed by atoms with Crippen LogP contribution in [0.3, 0.4) is 0 Å². The lowest BCUT2D eigenvalue weighted by atomic mass is 9.79. The average Bonchev–Trinajstić information content (AvgIpc) is 2.91. The Labute approximate surface area is 207 Å². The molecule has 1 amide bonds. The Bertz CT molecular complexity index is 1280. The summed E-state index contributed by atoms with van der Waals surface area (Å²) in [5.41, 5.74) is 5.18. The Morgan fingerprint density at radius 1 is 1.11 bits per heavy atom. The van der Waals surface area contributed by atoms with Gasteiger partial charge >= 0.3 is 0 Å². The van der Waals surface area contributed by atoms with E-state index in [0.29, 0.717) is 0 Å². The maximum absolute atomic E-state index is 13.0. The van der Waals surface area contributed by atoms with Gasteiger partial charge in [-0.1, -0.05) is 43.5 Å². The van der Waals surface area contributed by atoms with E-state index >= 15 is 0 Å². The van der Waals surface area contributed by atoms with Crippen molar-refractivity contribution in [1.29, 1.82) is 5.26 Å². The first-order chi connectivity index (χ1) is 17.1. The zero-order chi connectivity index (χ0) is 24.1. The molecule has 0 unspecified atom stereocenters. The predicted octanol–water partition coefficient (Wildman–Crippen LogP) is 5.39. The molecule has 5 heteroatoms. The van der Waals surface area contributed by atoms with Gasteiger partial charge in [0.15, 0.2) is 0 Å². The maximum atomic E-state index is 13.0. The van der Waals surface area contributed by atoms with Gasteiger partial charge in [0, 0.05) is 42.8 Å². The van der Waals surface area contributed by atoms with Gasteiger partial charge in [0.05, 0.1) is 17.1 Å². The zero-order valence-electron chi connectivity index (χ0n) is 20.2. The number of amides is 1. The van der Waals surface area contributed by atoms with Gasteiger partial charge in [-0.05, 0) is 72.7 Å². The number of fused-ring (bicyclic) bond motifs is 2. The van der Waals surface area contributed by atoms with Gasteiger partial charge in [0.2, 0.25) is 5.91 Å². The van der Waals surface area contributed by atoms with Crippen molar-refractivity contribution in [2.45, 2.75) is 57.0 Å². The first-order valence-electron chi connectivity index (χ1n) is 12.7. The van der Waals surface area contributed by atoms with Gasteiger partial charge < -0.3 is 5.32 Å². The number of benzene rings is 2. The van der Waals surface area contributed by atoms with Crippen LogP contribution in [-0.2, 0) is 17.8 Å². The van der Waals surface area contributed by atoms with Gasteiger partial charge in [0.1, 0.15) is 0 Å². The molecule has 2 heterocycles. The van der Waals surface area contributed by atoms with Gasteiger partial charge in [-0.25, -0.2) is 0 Å². The monoisotopic (exact) mass is 464 g/mol. The minimum atomic E-state index is -0.134. The summed E-state index contributed by atoms with van der Waals surface area (Å²) >= 11 is 0. The summed E-state index contributed by atoms with van der Waals surface area (Å²) in [5.74, 6) is -0.0131. The molecule has 1 saturated carbocycles. The Morgan fingerprint density at radius 2 is 1.97 bits per heavy atom. The third-order valence-corrected chi connectivity index (χ3v) is 7.63. The van der Waals surface area contributed by atoms with Gasteiger partial charge in [-0.15, -0.1) is 0 Å². The molecule has 5 nitrogen and oxygen atoms in total. The van der Waals surface area contributed by atoms with Crippen LogP contribution in [0, 0.1) is 11.3 Å². The van der Waals surface area contributed by atoms with Crippen LogP contribution in [0.4, 0.5) is 0 Å². The van der Waals surface area contributed by atoms with E-state index < -0.39 is 0 Å². The summed E-state index contributed by atoms with van der Waals surface area (Å²) in [6.07, 6.45) is 13.0. The highest BCUT2D eigenvalue weighted by molar-refractivity contribution is 5.96. The van der Waals surface area contributed by atoms with Gasteiger partial charge in [-0.3, -0.25) is 14.7 Å². The maximum Gasteiger partial charge on any atom is 0.244 e. The Hall–Kier alpha value is -3.49. The molecule has 1 N–H and O–H groups in total. The van der Waals surface area contributed by atoms with E-state index in [9.17, 15) is 4.79 Å². The van der Waals surface area contributed by atoms with Crippen molar-refractivity contribution < 1.29 is 4.79 Å². The summed E-state index contributed by atoms with van der Waals surface area (Å²) < 4.78 is 0. The van der Waals surface area contributed by atoms with E-state index in [2.05, 4.69) is 27.3 Å². The second-order valence-electron chi connectivity index (χ2n) is 9.95. The van der Waals surface area contributed by atoms with Crippen LogP contribution in [0.15, 0.2) is 60.8 Å². The molecular formula is C30H32N4O. The molecule has 1 aliphatic carbocycles. The molecule has 0 spiro atoms. The number of carbonyl (C=O) groups excluding carboxylic acids is 1. The van der Waals surface area contributed by atoms with E-state index in [0.717, 1.165) is 67.3 Å². The quantitative estimate of drug-likeness (QED) is 0.497. The summed E-state index contributed by atoms with van der Waals surface area (Å²) in [6, 6.07) is 18.3. The molecule has 0 saturated heterocycles. The van der Waals surface area contributed by atoms with E-state index in [1.807, 2.05) is 48.5 Å². The lowest BCUT2D eigenvalue weighted by molar-refractivity contribution is -0.118. The summed E-state index contributed by atoms with van der Waals surface area (Å²) in [4.78, 5) is 20.0. The first-order valence-corrected chi connectivity index (χ1v) is 12.7. The Morgan fingerprint density at radius 3 is 2.83 bits per heavy atom. The highest BCUT2D eigenvalue weighted by Crippen LogP contribution is 2.32. The van der Waals surface area contributed by atoms with Crippen LogP contribution in [0.1, 0.15) is 60.8 Å². The Balaban J connectivity index is 1.24. The number of nitrogens with zero attached hydrogens (tertiary/aromatic N) is 3. The van der Waals surface area contributed by atoms with Gasteiger partial charge in [-0.2, -0.15) is 5.26 Å². The fourth-order valence-corrected chi connectivity index (χ4v) is 5.64. The zero-order valence-corrected chi connectivity index (χ0v) is 20.2. The number of nitriles is 1. The molecule has 35 heavy (non-hydrogen) atoms. The van der Waals surface area contributed by atoms with E-state index in [-0.39, 0.29) is 11.4 Å². The van der Waals surface area contributed by atoms with Crippen molar-refractivity contribution in [3.05, 3.63) is 83.1 Å². The average molecular weight is 465 g/mol. The molecular weight excluding hydrogens is 432 g/mol. The van der Waals surface area contributed by atoms with Crippen molar-refractivity contribution in [1.82, 2.24) is 15.2 Å². The van der Waals surface area contributed by atoms with Crippen molar-refractivity contribution in [3.63, 3.8) is 0 Å². The van der Waals surface area contributed by atoms with Crippen LogP contribution >= 0.6 is 0 Å². The second-order valence-corrected chi connectivity index (χ2v) is 9.95. The molecule has 178 valence electrons. The van der Waals surface area contributed by atoms with Crippen LogP contribution in [0.5, 0.6) is 0 Å². The Kier molecular flexibility index (Phi) is 6.92. The van der Waals surface area contributed by atoms with Crippen molar-refractivity contribution in [2.75, 3.05) is 13.1 Å². The number of hydrogen-bond acceptors (Lipinski definition) is 4. The third-order valence-electron chi connectivity index (χ3n) is 7.63. The van der Waals surface area contributed by atoms with Crippen LogP contribution < -0.4 is 5.32 Å². The molecule has 2 aromatic carbocycles. The normalized spacial score (nSPS) is 17.7. The number of nitrogens with one attached hydrogen (secondary N) is 1. The van der Waals surface area contributed by atoms with Crippen molar-refractivity contribution in [2.24, 2.45) is 0 Å². The number of carbonyl (C=O) groups is 1. The number of rotatable bonds is 6. The minimum absolute atomic E-state index is 0.0131. The minimum Gasteiger partial charge on any atom is -0.347 e. The lowest BCUT2D eigenvalue weighted by Gasteiger charge is -2.40. The summed E-state index contributed by atoms with van der Waals surface area (Å²) in [7, 11) is 0. The fourth-order valence-electron chi connectivity index (χ4n) is 5.64. The predicted molar refractivity (Wildman–Crippen MR) is 139 cm³/mol. The molecule has 0 bridgehead atoms. The smallest absolute Gasteiger partial charge is 0.244 e. The molecule has 3 aromatic rings. The number of pyridine rings is 1. The van der Waals surface area contributed by atoms with Crippen LogP contribution in [0.2, 0.25) is 0 Å². The second kappa shape index (κ2) is 10.4. The number of hydrogen-bond donors (Lipinski definition) is 1. The largest absolute Gasteiger partial charge is 0.347 e. The van der Waals surface area contributed by atoms with Crippen LogP contribution in [-0.4, -0.2) is 34.4 Å². The standard InChI is InChI=1S/C30H32N4O/c31-21-23-8-9-26-22-34(18-13-25(26)20-23)19-16-30(14-4-1-5-15-30)33-29(35)11-10-24-12-17-32-28-7-3-2-6-27(24)28/h2-3,6-12,17,20H,1,4-5,13-16,18-19,22H2,(H,33,35)/b11-10+. The van der Waals surface area contributed by atoms with Crippen molar-refractivity contribution >= 4 is 22.9 Å². The highest BCUT2D eigenvalue weighted by atomic mass is 16.1. The molecule has 1 fully saturated rings. The lowest BCUT2D eigenvalue weighted by Crippen LogP contribution is -2.51. The highest BCUT2D eigenvalue weighted by Gasteiger charge is 2.33. The molecule has 0 atom stereocenters. The first kappa shape index (κ1) is 23.3. The van der Waals surface area contributed by atoms with E-state index in [4.69, 9.17) is 5.26 Å². The molecule has 2 aliphatic rings. The van der Waals surface area contributed by atoms with Crippen LogP contribution in [0.25, 0.3) is 17.0 Å². The number of para-hydroxylation sites is 1. The van der Waals surface area contributed by atoms with E-state index in [1.165, 1.54) is 30.4 Å². The summed E-state index contributed by atoms with van der Waals surface area (Å²) in [5, 5.41) is 13.6. The SMILES string of the molecule is N#Cc1ccc2c(c1)CCN(CCC1(NC(=O)/C=C/c3ccnc4ccccc34)CCCCC1)C2. The summed E-state index contributed by atoms with van der Waals surface area (Å²) in [6.45, 7) is 2.89. The topological polar surface area (TPSA) is 69.0 Å². The molecule has 0 radical (unpaired) electrons. The molecule has 1 aliphatic heterocycles. The molecule has 5 rings (SSSR count). The third kappa shape index (κ3) is 5.44. The van der Waals surface area contributed by atoms with Gasteiger partial charge in [0.25, 0.3) is 0 Å². The molecule has 1 aromatic heterocycles. The van der Waals surface area contributed by atoms with E-state index in [1.54, 1.807) is 12.3 Å². The fraction of sp³-hybridized carbons (Fsp3) is 0.367. The van der Waals surface area contributed by atoms with Crippen molar-refractivity contribution in [3.8, 4) is 6.07 Å².